The fraction of sp³-hybridized carbons (Fsp3) is 0.318. The summed E-state index contributed by atoms with van der Waals surface area (Å²) in [5.74, 6) is 0.298. The second-order valence-electron chi connectivity index (χ2n) is 7.53. The van der Waals surface area contributed by atoms with E-state index >= 15 is 0 Å². The van der Waals surface area contributed by atoms with Crippen LogP contribution in [0.5, 0.6) is 17.5 Å². The Hall–Kier alpha value is -3.02. The third-order valence-corrected chi connectivity index (χ3v) is 7.72. The summed E-state index contributed by atoms with van der Waals surface area (Å²) in [6.07, 6.45) is 2.68. The van der Waals surface area contributed by atoms with Crippen molar-refractivity contribution in [3.05, 3.63) is 53.5 Å². The van der Waals surface area contributed by atoms with E-state index in [0.717, 1.165) is 0 Å². The minimum atomic E-state index is -3.28. The molecule has 1 atom stereocenters. The number of ether oxygens (including phenoxy) is 3. The number of nitrogens with one attached hydrogen (secondary N) is 1. The van der Waals surface area contributed by atoms with Crippen molar-refractivity contribution in [2.24, 2.45) is 0 Å². The minimum Gasteiger partial charge on any atom is -0.472 e. The summed E-state index contributed by atoms with van der Waals surface area (Å²) in [5.41, 5.74) is 0.266. The summed E-state index contributed by atoms with van der Waals surface area (Å²) >= 11 is 1.30. The van der Waals surface area contributed by atoms with Gasteiger partial charge in [0.25, 0.3) is 5.91 Å². The molecule has 0 aliphatic heterocycles. The molecule has 1 saturated carbocycles. The van der Waals surface area contributed by atoms with E-state index in [9.17, 15) is 13.2 Å². The van der Waals surface area contributed by atoms with Gasteiger partial charge in [-0.3, -0.25) is 10.1 Å². The molecular weight excluding hydrogens is 466 g/mol. The van der Waals surface area contributed by atoms with Gasteiger partial charge >= 0.3 is 0 Å². The molecule has 1 fully saturated rings. The third kappa shape index (κ3) is 5.86. The maximum absolute atomic E-state index is 12.7. The quantitative estimate of drug-likeness (QED) is 0.455. The maximum atomic E-state index is 12.7. The number of benzene rings is 1. The molecular formula is C22H23N3O6S2. The fourth-order valence-electron chi connectivity index (χ4n) is 3.04. The van der Waals surface area contributed by atoms with Crippen LogP contribution in [0.2, 0.25) is 0 Å². The topological polar surface area (TPSA) is 117 Å². The number of thiazole rings is 1. The number of aromatic nitrogens is 2. The molecule has 2 heterocycles. The predicted octanol–water partition coefficient (Wildman–Crippen LogP) is 3.93. The standard InChI is InChI=1S/C22H23N3O6S2/c1-14(13-29-2)30-19-11-15(21(26)25-22-23-9-10-32-22)12-20(24-19)31-16-3-5-17(6-4-16)33(27,28)18-7-8-18/h3-6,9-12,14,18H,7-8,13H2,1-2H3,(H,23,25,26)/t14-/m1/s1. The molecule has 1 aromatic carbocycles. The normalized spacial score (nSPS) is 14.5. The average Bonchev–Trinajstić information content (AvgIpc) is 3.53. The first-order valence-corrected chi connectivity index (χ1v) is 12.7. The molecule has 4 rings (SSSR count). The number of carbonyl (C=O) groups is 1. The Morgan fingerprint density at radius 1 is 1.21 bits per heavy atom. The first-order chi connectivity index (χ1) is 15.8. The lowest BCUT2D eigenvalue weighted by atomic mass is 10.2. The average molecular weight is 490 g/mol. The molecule has 2 aromatic heterocycles. The van der Waals surface area contributed by atoms with Crippen LogP contribution < -0.4 is 14.8 Å². The lowest BCUT2D eigenvalue weighted by Gasteiger charge is -2.15. The molecule has 1 aliphatic carbocycles. The molecule has 174 valence electrons. The zero-order valence-corrected chi connectivity index (χ0v) is 19.7. The number of methoxy groups -OCH3 is 1. The van der Waals surface area contributed by atoms with E-state index in [2.05, 4.69) is 15.3 Å². The Balaban J connectivity index is 1.57. The van der Waals surface area contributed by atoms with Crippen LogP contribution in [0, 0.1) is 0 Å². The Labute approximate surface area is 195 Å². The Kier molecular flexibility index (Phi) is 6.91. The molecule has 33 heavy (non-hydrogen) atoms. The number of hydrogen-bond acceptors (Lipinski definition) is 9. The van der Waals surface area contributed by atoms with Crippen LogP contribution in [0.15, 0.2) is 52.9 Å². The van der Waals surface area contributed by atoms with Gasteiger partial charge < -0.3 is 14.2 Å². The lowest BCUT2D eigenvalue weighted by molar-refractivity contribution is 0.0882. The molecule has 11 heteroatoms. The van der Waals surface area contributed by atoms with Gasteiger partial charge in [0.05, 0.1) is 22.3 Å². The first kappa shape index (κ1) is 23.1. The number of hydrogen-bond donors (Lipinski definition) is 1. The lowest BCUT2D eigenvalue weighted by Crippen LogP contribution is -2.19. The number of nitrogens with zero attached hydrogens (tertiary/aromatic N) is 2. The number of amides is 1. The van der Waals surface area contributed by atoms with E-state index in [-0.39, 0.29) is 33.6 Å². The van der Waals surface area contributed by atoms with Gasteiger partial charge in [0.1, 0.15) is 11.9 Å². The van der Waals surface area contributed by atoms with Gasteiger partial charge in [0.2, 0.25) is 11.8 Å². The maximum Gasteiger partial charge on any atom is 0.257 e. The van der Waals surface area contributed by atoms with Crippen LogP contribution in [0.25, 0.3) is 0 Å². The number of sulfone groups is 1. The number of pyridine rings is 1. The fourth-order valence-corrected chi connectivity index (χ4v) is 5.22. The molecule has 0 spiro atoms. The molecule has 1 N–H and O–H groups in total. The molecule has 0 saturated heterocycles. The van der Waals surface area contributed by atoms with Crippen molar-refractivity contribution in [2.45, 2.75) is 36.0 Å². The van der Waals surface area contributed by atoms with Crippen molar-refractivity contribution < 1.29 is 27.4 Å². The molecule has 0 bridgehead atoms. The van der Waals surface area contributed by atoms with Crippen LogP contribution in [-0.4, -0.2) is 49.4 Å². The molecule has 0 unspecified atom stereocenters. The summed E-state index contributed by atoms with van der Waals surface area (Å²) in [4.78, 5) is 21.4. The summed E-state index contributed by atoms with van der Waals surface area (Å²) in [5, 5.41) is 4.64. The Morgan fingerprint density at radius 2 is 1.94 bits per heavy atom. The van der Waals surface area contributed by atoms with Crippen molar-refractivity contribution in [3.63, 3.8) is 0 Å². The number of carbonyl (C=O) groups excluding carboxylic acids is 1. The van der Waals surface area contributed by atoms with E-state index < -0.39 is 15.7 Å². The monoisotopic (exact) mass is 489 g/mol. The van der Waals surface area contributed by atoms with E-state index in [4.69, 9.17) is 14.2 Å². The first-order valence-electron chi connectivity index (χ1n) is 10.3. The summed E-state index contributed by atoms with van der Waals surface area (Å²) in [6.45, 7) is 2.15. The van der Waals surface area contributed by atoms with Crippen molar-refractivity contribution >= 4 is 32.2 Å². The highest BCUT2D eigenvalue weighted by Crippen LogP contribution is 2.34. The second-order valence-corrected chi connectivity index (χ2v) is 10.6. The van der Waals surface area contributed by atoms with E-state index in [1.165, 1.54) is 35.6 Å². The van der Waals surface area contributed by atoms with E-state index in [1.54, 1.807) is 30.8 Å². The van der Waals surface area contributed by atoms with Gasteiger partial charge in [-0.15, -0.1) is 11.3 Å². The zero-order valence-electron chi connectivity index (χ0n) is 18.1. The van der Waals surface area contributed by atoms with Gasteiger partial charge in [0, 0.05) is 30.8 Å². The van der Waals surface area contributed by atoms with Crippen LogP contribution in [0.4, 0.5) is 5.13 Å². The Bertz CT molecular complexity index is 1210. The third-order valence-electron chi connectivity index (χ3n) is 4.75. The molecule has 9 nitrogen and oxygen atoms in total. The SMILES string of the molecule is COC[C@@H](C)Oc1cc(C(=O)Nc2nccs2)cc(Oc2ccc(S(=O)(=O)C3CC3)cc2)n1. The number of rotatable bonds is 10. The van der Waals surface area contributed by atoms with Crippen molar-refractivity contribution in [1.82, 2.24) is 9.97 Å². The molecule has 0 radical (unpaired) electrons. The number of anilines is 1. The zero-order chi connectivity index (χ0) is 23.4. The summed E-state index contributed by atoms with van der Waals surface area (Å²) < 4.78 is 41.5. The van der Waals surface area contributed by atoms with Crippen molar-refractivity contribution in [3.8, 4) is 17.5 Å². The van der Waals surface area contributed by atoms with Crippen LogP contribution in [0.3, 0.4) is 0 Å². The molecule has 3 aromatic rings. The highest BCUT2D eigenvalue weighted by molar-refractivity contribution is 7.92. The summed E-state index contributed by atoms with van der Waals surface area (Å²) in [7, 11) is -1.72. The van der Waals surface area contributed by atoms with Gasteiger partial charge in [-0.05, 0) is 44.0 Å². The summed E-state index contributed by atoms with van der Waals surface area (Å²) in [6, 6.07) is 9.14. The van der Waals surface area contributed by atoms with Gasteiger partial charge in [-0.1, -0.05) is 0 Å². The largest absolute Gasteiger partial charge is 0.472 e. The predicted molar refractivity (Wildman–Crippen MR) is 123 cm³/mol. The van der Waals surface area contributed by atoms with Crippen LogP contribution in [-0.2, 0) is 14.6 Å². The van der Waals surface area contributed by atoms with Crippen LogP contribution in [0.1, 0.15) is 30.1 Å². The molecule has 1 amide bonds. The van der Waals surface area contributed by atoms with Crippen LogP contribution >= 0.6 is 11.3 Å². The van der Waals surface area contributed by atoms with Gasteiger partial charge in [0.15, 0.2) is 15.0 Å². The Morgan fingerprint density at radius 3 is 2.58 bits per heavy atom. The highest BCUT2D eigenvalue weighted by Gasteiger charge is 2.36. The smallest absolute Gasteiger partial charge is 0.257 e. The molecule has 1 aliphatic rings. The minimum absolute atomic E-state index is 0.124. The second kappa shape index (κ2) is 9.86. The van der Waals surface area contributed by atoms with E-state index in [1.807, 2.05) is 6.92 Å². The van der Waals surface area contributed by atoms with Gasteiger partial charge in [-0.25, -0.2) is 13.4 Å². The van der Waals surface area contributed by atoms with Crippen molar-refractivity contribution in [2.75, 3.05) is 19.0 Å². The van der Waals surface area contributed by atoms with E-state index in [0.29, 0.717) is 30.3 Å². The highest BCUT2D eigenvalue weighted by atomic mass is 32.2. The van der Waals surface area contributed by atoms with Gasteiger partial charge in [-0.2, -0.15) is 4.98 Å². The van der Waals surface area contributed by atoms with Crippen molar-refractivity contribution in [1.29, 1.82) is 0 Å².